The van der Waals surface area contributed by atoms with E-state index in [4.69, 9.17) is 12.2 Å². The predicted molar refractivity (Wildman–Crippen MR) is 83.0 cm³/mol. The maximum atomic E-state index is 13.9. The van der Waals surface area contributed by atoms with Gasteiger partial charge in [0.2, 0.25) is 0 Å². The molecular weight excluding hydrogens is 301 g/mol. The number of aromatic amines is 2. The van der Waals surface area contributed by atoms with Crippen molar-refractivity contribution in [3.63, 3.8) is 0 Å². The van der Waals surface area contributed by atoms with Crippen molar-refractivity contribution >= 4 is 12.2 Å². The second kappa shape index (κ2) is 4.88. The zero-order valence-corrected chi connectivity index (χ0v) is 12.7. The van der Waals surface area contributed by atoms with E-state index in [1.165, 1.54) is 18.9 Å². The standard InChI is InChI=1S/C15H14FN5S/c1-8-10(16)3-2-4-13(8)21-14(19-20-15(21)22)12-7-11(17-18-12)9-5-6-9/h2-4,7,9H,5-6H2,1H3,(H,17,18)(H,20,22). The zero-order chi connectivity index (χ0) is 15.3. The lowest BCUT2D eigenvalue weighted by Gasteiger charge is -2.09. The Kier molecular flexibility index (Phi) is 2.97. The Bertz CT molecular complexity index is 903. The Balaban J connectivity index is 1.88. The number of H-pyrrole nitrogens is 2. The number of benzene rings is 1. The van der Waals surface area contributed by atoms with Crippen molar-refractivity contribution in [3.05, 3.63) is 46.1 Å². The molecule has 1 fully saturated rings. The molecule has 0 spiro atoms. The van der Waals surface area contributed by atoms with Gasteiger partial charge in [0.05, 0.1) is 5.69 Å². The van der Waals surface area contributed by atoms with E-state index in [9.17, 15) is 4.39 Å². The summed E-state index contributed by atoms with van der Waals surface area (Å²) in [6.45, 7) is 1.73. The van der Waals surface area contributed by atoms with E-state index in [1.807, 2.05) is 12.1 Å². The van der Waals surface area contributed by atoms with Crippen LogP contribution in [0.3, 0.4) is 0 Å². The SMILES string of the molecule is Cc1c(F)cccc1-n1c(-c2cc(C3CC3)[nH]n2)n[nH]c1=S. The fraction of sp³-hybridized carbons (Fsp3) is 0.267. The Labute approximate surface area is 131 Å². The van der Waals surface area contributed by atoms with Gasteiger partial charge in [-0.1, -0.05) is 6.07 Å². The third kappa shape index (κ3) is 2.09. The Morgan fingerprint density at radius 1 is 1.27 bits per heavy atom. The van der Waals surface area contributed by atoms with Crippen molar-refractivity contribution in [2.45, 2.75) is 25.7 Å². The van der Waals surface area contributed by atoms with E-state index in [0.29, 0.717) is 33.5 Å². The molecule has 0 radical (unpaired) electrons. The molecule has 112 valence electrons. The Hall–Kier alpha value is -2.28. The van der Waals surface area contributed by atoms with E-state index in [2.05, 4.69) is 20.4 Å². The molecule has 1 aliphatic rings. The lowest BCUT2D eigenvalue weighted by molar-refractivity contribution is 0.617. The molecule has 3 aromatic rings. The minimum Gasteiger partial charge on any atom is -0.282 e. The molecule has 22 heavy (non-hydrogen) atoms. The monoisotopic (exact) mass is 315 g/mol. The maximum absolute atomic E-state index is 13.9. The third-order valence-corrected chi connectivity index (χ3v) is 4.27. The third-order valence-electron chi connectivity index (χ3n) is 4.00. The van der Waals surface area contributed by atoms with Crippen molar-refractivity contribution < 1.29 is 4.39 Å². The summed E-state index contributed by atoms with van der Waals surface area (Å²) in [4.78, 5) is 0. The van der Waals surface area contributed by atoms with Gasteiger partial charge in [-0.05, 0) is 50.2 Å². The normalized spacial score (nSPS) is 14.5. The van der Waals surface area contributed by atoms with Gasteiger partial charge in [-0.15, -0.1) is 0 Å². The number of nitrogens with one attached hydrogen (secondary N) is 2. The minimum atomic E-state index is -0.271. The second-order valence-electron chi connectivity index (χ2n) is 5.55. The van der Waals surface area contributed by atoms with Crippen LogP contribution in [-0.2, 0) is 0 Å². The number of halogens is 1. The molecule has 0 unspecified atom stereocenters. The van der Waals surface area contributed by atoms with Gasteiger partial charge in [-0.25, -0.2) is 4.39 Å². The van der Waals surface area contributed by atoms with E-state index < -0.39 is 0 Å². The molecule has 0 atom stereocenters. The summed E-state index contributed by atoms with van der Waals surface area (Å²) < 4.78 is 16.0. The number of rotatable bonds is 3. The molecule has 1 aromatic carbocycles. The van der Waals surface area contributed by atoms with Crippen LogP contribution < -0.4 is 0 Å². The van der Waals surface area contributed by atoms with Gasteiger partial charge in [0, 0.05) is 17.2 Å². The molecule has 7 heteroatoms. The van der Waals surface area contributed by atoms with Crippen LogP contribution >= 0.6 is 12.2 Å². The lowest BCUT2D eigenvalue weighted by atomic mass is 10.2. The van der Waals surface area contributed by atoms with Crippen LogP contribution in [0.2, 0.25) is 0 Å². The number of aromatic nitrogens is 5. The highest BCUT2D eigenvalue weighted by molar-refractivity contribution is 7.71. The van der Waals surface area contributed by atoms with Gasteiger partial charge in [-0.2, -0.15) is 10.2 Å². The summed E-state index contributed by atoms with van der Waals surface area (Å²) in [7, 11) is 0. The van der Waals surface area contributed by atoms with Gasteiger partial charge < -0.3 is 0 Å². The summed E-state index contributed by atoms with van der Waals surface area (Å²) in [5, 5.41) is 14.4. The topological polar surface area (TPSA) is 62.3 Å². The summed E-state index contributed by atoms with van der Waals surface area (Å²) in [5.41, 5.74) is 3.02. The van der Waals surface area contributed by atoms with Crippen LogP contribution in [0.4, 0.5) is 4.39 Å². The number of nitrogens with zero attached hydrogens (tertiary/aromatic N) is 3. The molecule has 2 N–H and O–H groups in total. The van der Waals surface area contributed by atoms with Crippen molar-refractivity contribution in [2.75, 3.05) is 0 Å². The predicted octanol–water partition coefficient (Wildman–Crippen LogP) is 3.64. The highest BCUT2D eigenvalue weighted by Gasteiger charge is 2.26. The summed E-state index contributed by atoms with van der Waals surface area (Å²) in [6.07, 6.45) is 2.38. The lowest BCUT2D eigenvalue weighted by Crippen LogP contribution is -2.02. The highest BCUT2D eigenvalue weighted by atomic mass is 32.1. The molecule has 2 aromatic heterocycles. The van der Waals surface area contributed by atoms with Crippen LogP contribution in [-0.4, -0.2) is 25.0 Å². The molecule has 0 amide bonds. The first-order valence-corrected chi connectivity index (χ1v) is 7.54. The molecular formula is C15H14FN5S. The Morgan fingerprint density at radius 2 is 2.09 bits per heavy atom. The second-order valence-corrected chi connectivity index (χ2v) is 5.94. The summed E-state index contributed by atoms with van der Waals surface area (Å²) in [5.74, 6) is 0.890. The number of hydrogen-bond donors (Lipinski definition) is 2. The molecule has 0 aliphatic heterocycles. The summed E-state index contributed by atoms with van der Waals surface area (Å²) >= 11 is 5.31. The van der Waals surface area contributed by atoms with E-state index >= 15 is 0 Å². The van der Waals surface area contributed by atoms with Crippen LogP contribution in [0, 0.1) is 17.5 Å². The van der Waals surface area contributed by atoms with Crippen LogP contribution in [0.1, 0.15) is 30.0 Å². The van der Waals surface area contributed by atoms with Gasteiger partial charge >= 0.3 is 0 Å². The van der Waals surface area contributed by atoms with Gasteiger partial charge in [0.15, 0.2) is 10.6 Å². The fourth-order valence-electron chi connectivity index (χ4n) is 2.59. The van der Waals surface area contributed by atoms with E-state index in [1.54, 1.807) is 17.6 Å². The first-order chi connectivity index (χ1) is 10.6. The Morgan fingerprint density at radius 3 is 2.86 bits per heavy atom. The maximum Gasteiger partial charge on any atom is 0.200 e. The van der Waals surface area contributed by atoms with E-state index in [-0.39, 0.29) is 5.82 Å². The van der Waals surface area contributed by atoms with Gasteiger partial charge in [-0.3, -0.25) is 14.8 Å². The molecule has 4 rings (SSSR count). The van der Waals surface area contributed by atoms with E-state index in [0.717, 1.165) is 5.69 Å². The first kappa shape index (κ1) is 13.4. The minimum absolute atomic E-state index is 0.271. The van der Waals surface area contributed by atoms with Crippen LogP contribution in [0.5, 0.6) is 0 Å². The molecule has 2 heterocycles. The zero-order valence-electron chi connectivity index (χ0n) is 11.9. The average molecular weight is 315 g/mol. The largest absolute Gasteiger partial charge is 0.282 e. The average Bonchev–Trinajstić information content (AvgIpc) is 3.12. The van der Waals surface area contributed by atoms with Gasteiger partial charge in [0.1, 0.15) is 11.5 Å². The highest BCUT2D eigenvalue weighted by Crippen LogP contribution is 2.40. The van der Waals surface area contributed by atoms with Crippen molar-refractivity contribution in [3.8, 4) is 17.2 Å². The quantitative estimate of drug-likeness (QED) is 0.725. The van der Waals surface area contributed by atoms with Crippen molar-refractivity contribution in [2.24, 2.45) is 0 Å². The fourth-order valence-corrected chi connectivity index (χ4v) is 2.82. The van der Waals surface area contributed by atoms with Crippen molar-refractivity contribution in [1.82, 2.24) is 25.0 Å². The first-order valence-electron chi connectivity index (χ1n) is 7.13. The molecule has 5 nitrogen and oxygen atoms in total. The van der Waals surface area contributed by atoms with Gasteiger partial charge in [0.25, 0.3) is 0 Å². The molecule has 0 bridgehead atoms. The van der Waals surface area contributed by atoms with Crippen LogP contribution in [0.15, 0.2) is 24.3 Å². The summed E-state index contributed by atoms with van der Waals surface area (Å²) in [6, 6.07) is 6.91. The smallest absolute Gasteiger partial charge is 0.200 e. The number of hydrogen-bond acceptors (Lipinski definition) is 3. The molecule has 1 saturated carbocycles. The van der Waals surface area contributed by atoms with Crippen molar-refractivity contribution in [1.29, 1.82) is 0 Å². The molecule has 0 saturated heterocycles. The van der Waals surface area contributed by atoms with Crippen LogP contribution in [0.25, 0.3) is 17.2 Å². The molecule has 1 aliphatic carbocycles.